The van der Waals surface area contributed by atoms with Crippen LogP contribution in [0.1, 0.15) is 19.8 Å². The van der Waals surface area contributed by atoms with Crippen LogP contribution in [0.25, 0.3) is 0 Å². The largest absolute Gasteiger partial charge is 0.325 e. The molecule has 1 amide bonds. The molecule has 2 N–H and O–H groups in total. The molecule has 0 bridgehead atoms. The van der Waals surface area contributed by atoms with Crippen molar-refractivity contribution in [1.82, 2.24) is 5.32 Å². The van der Waals surface area contributed by atoms with E-state index in [0.29, 0.717) is 12.6 Å². The first-order valence-electron chi connectivity index (χ1n) is 5.84. The van der Waals surface area contributed by atoms with Crippen LogP contribution in [0.3, 0.4) is 0 Å². The smallest absolute Gasteiger partial charge is 0.238 e. The second kappa shape index (κ2) is 5.12. The Bertz CT molecular complexity index is 346. The predicted octanol–water partition coefficient (Wildman–Crippen LogP) is 2.01. The van der Waals surface area contributed by atoms with E-state index in [2.05, 4.69) is 17.6 Å². The van der Waals surface area contributed by atoms with E-state index in [9.17, 15) is 4.79 Å². The molecule has 1 aliphatic carbocycles. The van der Waals surface area contributed by atoms with Gasteiger partial charge in [-0.1, -0.05) is 18.2 Å². The van der Waals surface area contributed by atoms with Crippen molar-refractivity contribution in [1.29, 1.82) is 0 Å². The monoisotopic (exact) mass is 218 g/mol. The van der Waals surface area contributed by atoms with Gasteiger partial charge in [-0.15, -0.1) is 0 Å². The Morgan fingerprint density at radius 3 is 2.69 bits per heavy atom. The van der Waals surface area contributed by atoms with Crippen molar-refractivity contribution >= 4 is 11.6 Å². The molecule has 1 aromatic carbocycles. The van der Waals surface area contributed by atoms with Crippen LogP contribution in [0, 0.1) is 5.92 Å². The molecule has 0 aromatic heterocycles. The number of benzene rings is 1. The first-order valence-corrected chi connectivity index (χ1v) is 5.84. The van der Waals surface area contributed by atoms with E-state index in [4.69, 9.17) is 0 Å². The molecule has 0 spiro atoms. The van der Waals surface area contributed by atoms with Gasteiger partial charge in [0.1, 0.15) is 0 Å². The molecule has 2 rings (SSSR count). The van der Waals surface area contributed by atoms with E-state index >= 15 is 0 Å². The number of hydrogen-bond acceptors (Lipinski definition) is 2. The van der Waals surface area contributed by atoms with Crippen LogP contribution in [0.5, 0.6) is 0 Å². The van der Waals surface area contributed by atoms with Crippen molar-refractivity contribution in [2.24, 2.45) is 5.92 Å². The van der Waals surface area contributed by atoms with Crippen molar-refractivity contribution in [3.63, 3.8) is 0 Å². The molecule has 0 saturated heterocycles. The Hall–Kier alpha value is -1.35. The summed E-state index contributed by atoms with van der Waals surface area (Å²) in [5.41, 5.74) is 0.855. The van der Waals surface area contributed by atoms with Crippen LogP contribution in [-0.2, 0) is 4.79 Å². The van der Waals surface area contributed by atoms with Gasteiger partial charge >= 0.3 is 0 Å². The summed E-state index contributed by atoms with van der Waals surface area (Å²) < 4.78 is 0. The van der Waals surface area contributed by atoms with Gasteiger partial charge in [0.15, 0.2) is 0 Å². The maximum atomic E-state index is 11.6. The molecule has 16 heavy (non-hydrogen) atoms. The van der Waals surface area contributed by atoms with Gasteiger partial charge in [-0.05, 0) is 37.8 Å². The molecule has 1 unspecified atom stereocenters. The molecule has 86 valence electrons. The lowest BCUT2D eigenvalue weighted by atomic mass is 10.2. The van der Waals surface area contributed by atoms with Gasteiger partial charge in [0.05, 0.1) is 6.54 Å². The lowest BCUT2D eigenvalue weighted by molar-refractivity contribution is -0.115. The summed E-state index contributed by atoms with van der Waals surface area (Å²) in [7, 11) is 0. The number of carbonyl (C=O) groups excluding carboxylic acids is 1. The first kappa shape index (κ1) is 11.1. The van der Waals surface area contributed by atoms with E-state index in [-0.39, 0.29) is 5.91 Å². The Morgan fingerprint density at radius 1 is 1.38 bits per heavy atom. The van der Waals surface area contributed by atoms with Crippen molar-refractivity contribution in [3.8, 4) is 0 Å². The van der Waals surface area contributed by atoms with Crippen LogP contribution in [-0.4, -0.2) is 18.5 Å². The van der Waals surface area contributed by atoms with E-state index in [0.717, 1.165) is 11.6 Å². The molecule has 3 heteroatoms. The fourth-order valence-electron chi connectivity index (χ4n) is 1.74. The van der Waals surface area contributed by atoms with Gasteiger partial charge < -0.3 is 10.6 Å². The second-order valence-corrected chi connectivity index (χ2v) is 4.42. The van der Waals surface area contributed by atoms with E-state index < -0.39 is 0 Å². The number of rotatable bonds is 5. The summed E-state index contributed by atoms with van der Waals surface area (Å²) in [4.78, 5) is 11.6. The highest BCUT2D eigenvalue weighted by atomic mass is 16.1. The van der Waals surface area contributed by atoms with Crippen molar-refractivity contribution in [3.05, 3.63) is 30.3 Å². The molecule has 0 heterocycles. The minimum atomic E-state index is 0.0266. The van der Waals surface area contributed by atoms with Gasteiger partial charge in [0.2, 0.25) is 5.91 Å². The standard InChI is InChI=1S/C13H18N2O/c1-10(11-7-8-11)14-9-13(16)15-12-5-3-2-4-6-12/h2-6,10-11,14H,7-9H2,1H3,(H,15,16). The van der Waals surface area contributed by atoms with Crippen LogP contribution in [0.2, 0.25) is 0 Å². The summed E-state index contributed by atoms with van der Waals surface area (Å²) in [5.74, 6) is 0.809. The highest BCUT2D eigenvalue weighted by Crippen LogP contribution is 2.32. The molecular weight excluding hydrogens is 200 g/mol. The zero-order valence-electron chi connectivity index (χ0n) is 9.57. The van der Waals surface area contributed by atoms with Crippen molar-refractivity contribution in [2.45, 2.75) is 25.8 Å². The number of hydrogen-bond donors (Lipinski definition) is 2. The van der Waals surface area contributed by atoms with Crippen molar-refractivity contribution in [2.75, 3.05) is 11.9 Å². The average Bonchev–Trinajstić information content (AvgIpc) is 3.11. The van der Waals surface area contributed by atoms with Crippen molar-refractivity contribution < 1.29 is 4.79 Å². The summed E-state index contributed by atoms with van der Waals surface area (Å²) in [6.45, 7) is 2.54. The Kier molecular flexibility index (Phi) is 3.57. The molecule has 1 aliphatic rings. The van der Waals surface area contributed by atoms with Crippen LogP contribution in [0.4, 0.5) is 5.69 Å². The lowest BCUT2D eigenvalue weighted by Gasteiger charge is -2.12. The molecule has 3 nitrogen and oxygen atoms in total. The minimum Gasteiger partial charge on any atom is -0.325 e. The normalized spacial score (nSPS) is 16.8. The Balaban J connectivity index is 1.72. The number of carbonyl (C=O) groups is 1. The highest BCUT2D eigenvalue weighted by molar-refractivity contribution is 5.92. The number of para-hydroxylation sites is 1. The molecule has 1 atom stereocenters. The number of nitrogens with one attached hydrogen (secondary N) is 2. The molecule has 1 saturated carbocycles. The lowest BCUT2D eigenvalue weighted by Crippen LogP contribution is -2.35. The van der Waals surface area contributed by atoms with E-state index in [1.54, 1.807) is 0 Å². The molecule has 1 fully saturated rings. The number of anilines is 1. The first-order chi connectivity index (χ1) is 7.75. The third kappa shape index (κ3) is 3.35. The quantitative estimate of drug-likeness (QED) is 0.793. The topological polar surface area (TPSA) is 41.1 Å². The van der Waals surface area contributed by atoms with E-state index in [1.165, 1.54) is 12.8 Å². The van der Waals surface area contributed by atoms with Gasteiger partial charge in [-0.2, -0.15) is 0 Å². The van der Waals surface area contributed by atoms with E-state index in [1.807, 2.05) is 30.3 Å². The zero-order chi connectivity index (χ0) is 11.4. The molecule has 0 radical (unpaired) electrons. The summed E-state index contributed by atoms with van der Waals surface area (Å²) in [6.07, 6.45) is 2.60. The third-order valence-electron chi connectivity index (χ3n) is 2.97. The minimum absolute atomic E-state index is 0.0266. The summed E-state index contributed by atoms with van der Waals surface area (Å²) in [5, 5.41) is 6.11. The zero-order valence-corrected chi connectivity index (χ0v) is 9.57. The van der Waals surface area contributed by atoms with Crippen LogP contribution < -0.4 is 10.6 Å². The molecular formula is C13H18N2O. The Morgan fingerprint density at radius 2 is 2.06 bits per heavy atom. The van der Waals surface area contributed by atoms with Gasteiger partial charge in [-0.25, -0.2) is 0 Å². The van der Waals surface area contributed by atoms with Gasteiger partial charge in [0, 0.05) is 11.7 Å². The number of amides is 1. The SMILES string of the molecule is CC(NCC(=O)Nc1ccccc1)C1CC1. The van der Waals surface area contributed by atoms with Crippen LogP contribution in [0.15, 0.2) is 30.3 Å². The summed E-state index contributed by atoms with van der Waals surface area (Å²) >= 11 is 0. The maximum absolute atomic E-state index is 11.6. The van der Waals surface area contributed by atoms with Crippen LogP contribution >= 0.6 is 0 Å². The average molecular weight is 218 g/mol. The highest BCUT2D eigenvalue weighted by Gasteiger charge is 2.27. The summed E-state index contributed by atoms with van der Waals surface area (Å²) in [6, 6.07) is 10.0. The third-order valence-corrected chi connectivity index (χ3v) is 2.97. The fraction of sp³-hybridized carbons (Fsp3) is 0.462. The molecule has 1 aromatic rings. The van der Waals surface area contributed by atoms with Gasteiger partial charge in [0.25, 0.3) is 0 Å². The van der Waals surface area contributed by atoms with Gasteiger partial charge in [-0.3, -0.25) is 4.79 Å². The maximum Gasteiger partial charge on any atom is 0.238 e. The predicted molar refractivity (Wildman–Crippen MR) is 65.3 cm³/mol. The Labute approximate surface area is 96.2 Å². The second-order valence-electron chi connectivity index (χ2n) is 4.42. The fourth-order valence-corrected chi connectivity index (χ4v) is 1.74. The molecule has 0 aliphatic heterocycles.